The maximum Gasteiger partial charge on any atom is 0.309 e. The van der Waals surface area contributed by atoms with Crippen molar-refractivity contribution in [1.29, 1.82) is 0 Å². The van der Waals surface area contributed by atoms with Gasteiger partial charge in [0.1, 0.15) is 0 Å². The molecule has 1 fully saturated rings. The summed E-state index contributed by atoms with van der Waals surface area (Å²) in [5.41, 5.74) is -0.276. The fourth-order valence-corrected chi connectivity index (χ4v) is 0.582. The largest absolute Gasteiger partial charge is 0.394 e. The van der Waals surface area contributed by atoms with Gasteiger partial charge < -0.3 is 10.4 Å². The first-order valence-corrected chi connectivity index (χ1v) is 2.58. The Morgan fingerprint density at radius 2 is 2.38 bits per heavy atom. The van der Waals surface area contributed by atoms with Crippen molar-refractivity contribution in [3.05, 3.63) is 0 Å². The molecule has 0 unspecified atom stereocenters. The number of amides is 1. The van der Waals surface area contributed by atoms with Gasteiger partial charge >= 0.3 is 6.41 Å². The molecule has 1 radical (unpaired) electrons. The molecule has 1 saturated carbocycles. The number of nitrogens with one attached hydrogen (secondary N) is 1. The van der Waals surface area contributed by atoms with Crippen LogP contribution in [0.15, 0.2) is 0 Å². The molecule has 0 aliphatic heterocycles. The first kappa shape index (κ1) is 5.56. The molecule has 1 amide bonds. The smallest absolute Gasteiger partial charge is 0.309 e. The molecule has 45 valence electrons. The zero-order valence-corrected chi connectivity index (χ0v) is 4.48. The maximum absolute atomic E-state index is 9.67. The van der Waals surface area contributed by atoms with Crippen LogP contribution < -0.4 is 5.32 Å². The Kier molecular flexibility index (Phi) is 1.21. The number of carbonyl (C=O) groups excluding carboxylic acids is 1. The SMILES string of the molecule is O=[C]NC1(CO)CC1. The van der Waals surface area contributed by atoms with Crippen LogP contribution in [0.1, 0.15) is 12.8 Å². The predicted octanol–water partition coefficient (Wildman–Crippen LogP) is -0.832. The molecule has 8 heavy (non-hydrogen) atoms. The molecule has 1 aliphatic carbocycles. The quantitative estimate of drug-likeness (QED) is 0.470. The highest BCUT2D eigenvalue weighted by Crippen LogP contribution is 2.33. The monoisotopic (exact) mass is 114 g/mol. The van der Waals surface area contributed by atoms with E-state index in [1.165, 1.54) is 0 Å². The Labute approximate surface area is 47.7 Å². The van der Waals surface area contributed by atoms with Gasteiger partial charge in [-0.25, -0.2) is 0 Å². The Morgan fingerprint density at radius 3 is 2.50 bits per heavy atom. The molecule has 3 heteroatoms. The zero-order chi connectivity index (χ0) is 6.04. The predicted molar refractivity (Wildman–Crippen MR) is 27.9 cm³/mol. The third-order valence-electron chi connectivity index (χ3n) is 1.47. The summed E-state index contributed by atoms with van der Waals surface area (Å²) in [7, 11) is 0. The minimum atomic E-state index is -0.276. The molecule has 1 aliphatic rings. The molecule has 2 N–H and O–H groups in total. The van der Waals surface area contributed by atoms with Crippen molar-refractivity contribution < 1.29 is 9.90 Å². The highest BCUT2D eigenvalue weighted by Gasteiger charge is 2.41. The summed E-state index contributed by atoms with van der Waals surface area (Å²) >= 11 is 0. The van der Waals surface area contributed by atoms with Gasteiger partial charge in [-0.15, -0.1) is 0 Å². The molecule has 0 aromatic carbocycles. The van der Waals surface area contributed by atoms with Crippen LogP contribution in [0.4, 0.5) is 0 Å². The molecule has 0 atom stereocenters. The molecule has 0 saturated heterocycles. The lowest BCUT2D eigenvalue weighted by Crippen LogP contribution is -2.33. The number of aliphatic hydroxyl groups excluding tert-OH is 1. The molecule has 0 heterocycles. The van der Waals surface area contributed by atoms with Crippen LogP contribution in [0, 0.1) is 0 Å². The summed E-state index contributed by atoms with van der Waals surface area (Å²) in [4.78, 5) is 9.67. The van der Waals surface area contributed by atoms with Crippen molar-refractivity contribution in [3.63, 3.8) is 0 Å². The van der Waals surface area contributed by atoms with E-state index in [0.29, 0.717) is 0 Å². The lowest BCUT2D eigenvalue weighted by atomic mass is 10.3. The summed E-state index contributed by atoms with van der Waals surface area (Å²) in [6, 6.07) is 0. The maximum atomic E-state index is 9.67. The van der Waals surface area contributed by atoms with E-state index in [9.17, 15) is 4.79 Å². The second-order valence-corrected chi connectivity index (χ2v) is 2.17. The first-order chi connectivity index (χ1) is 3.83. The Hall–Kier alpha value is -0.570. The number of hydrogen-bond acceptors (Lipinski definition) is 2. The van der Waals surface area contributed by atoms with E-state index >= 15 is 0 Å². The van der Waals surface area contributed by atoms with Crippen molar-refractivity contribution in [2.75, 3.05) is 6.61 Å². The van der Waals surface area contributed by atoms with Gasteiger partial charge in [-0.1, -0.05) is 0 Å². The molecule has 0 aromatic rings. The van der Waals surface area contributed by atoms with E-state index in [4.69, 9.17) is 5.11 Å². The average molecular weight is 114 g/mol. The van der Waals surface area contributed by atoms with Gasteiger partial charge in [-0.05, 0) is 12.8 Å². The van der Waals surface area contributed by atoms with Crippen molar-refractivity contribution >= 4 is 6.41 Å². The molecule has 3 nitrogen and oxygen atoms in total. The summed E-state index contributed by atoms with van der Waals surface area (Å²) in [6.45, 7) is 0.0439. The summed E-state index contributed by atoms with van der Waals surface area (Å²) in [5.74, 6) is 0. The fourth-order valence-electron chi connectivity index (χ4n) is 0.582. The minimum Gasteiger partial charge on any atom is -0.394 e. The van der Waals surface area contributed by atoms with Gasteiger partial charge in [-0.2, -0.15) is 0 Å². The lowest BCUT2D eigenvalue weighted by Gasteiger charge is -2.06. The first-order valence-electron chi connectivity index (χ1n) is 2.58. The summed E-state index contributed by atoms with van der Waals surface area (Å²) in [6.07, 6.45) is 3.34. The van der Waals surface area contributed by atoms with Crippen molar-refractivity contribution in [3.8, 4) is 0 Å². The van der Waals surface area contributed by atoms with Gasteiger partial charge in [0, 0.05) is 0 Å². The molecular weight excluding hydrogens is 106 g/mol. The van der Waals surface area contributed by atoms with E-state index in [-0.39, 0.29) is 12.1 Å². The third-order valence-corrected chi connectivity index (χ3v) is 1.47. The normalized spacial score (nSPS) is 22.1. The van der Waals surface area contributed by atoms with E-state index in [1.54, 1.807) is 6.41 Å². The zero-order valence-electron chi connectivity index (χ0n) is 4.48. The van der Waals surface area contributed by atoms with Crippen LogP contribution in [0.3, 0.4) is 0 Å². The van der Waals surface area contributed by atoms with E-state index in [2.05, 4.69) is 5.32 Å². The molecule has 0 bridgehead atoms. The number of hydrogen-bond donors (Lipinski definition) is 2. The topological polar surface area (TPSA) is 49.3 Å². The highest BCUT2D eigenvalue weighted by molar-refractivity contribution is 5.50. The van der Waals surface area contributed by atoms with Gasteiger partial charge in [0.2, 0.25) is 0 Å². The van der Waals surface area contributed by atoms with Crippen LogP contribution in [0.5, 0.6) is 0 Å². The van der Waals surface area contributed by atoms with Crippen molar-refractivity contribution in [1.82, 2.24) is 5.32 Å². The van der Waals surface area contributed by atoms with Crippen LogP contribution in [-0.2, 0) is 4.79 Å². The van der Waals surface area contributed by atoms with Gasteiger partial charge in [-0.3, -0.25) is 4.79 Å². The van der Waals surface area contributed by atoms with Crippen LogP contribution in [0.25, 0.3) is 0 Å². The van der Waals surface area contributed by atoms with Gasteiger partial charge in [0.25, 0.3) is 0 Å². The Morgan fingerprint density at radius 1 is 1.75 bits per heavy atom. The summed E-state index contributed by atoms with van der Waals surface area (Å²) < 4.78 is 0. The third kappa shape index (κ3) is 0.816. The van der Waals surface area contributed by atoms with E-state index in [1.807, 2.05) is 0 Å². The number of aliphatic hydroxyl groups is 1. The fraction of sp³-hybridized carbons (Fsp3) is 0.800. The standard InChI is InChI=1S/C5H8NO2/c7-3-5(1-2-5)6-4-8/h7H,1-3H2,(H,6,8). The Bertz CT molecular complexity index is 98.6. The van der Waals surface area contributed by atoms with E-state index in [0.717, 1.165) is 12.8 Å². The average Bonchev–Trinajstić information content (AvgIpc) is 2.50. The number of rotatable bonds is 3. The minimum absolute atomic E-state index is 0.0439. The van der Waals surface area contributed by atoms with Gasteiger partial charge in [0.15, 0.2) is 0 Å². The molecule has 0 aromatic heterocycles. The van der Waals surface area contributed by atoms with Crippen LogP contribution in [-0.4, -0.2) is 23.7 Å². The second-order valence-electron chi connectivity index (χ2n) is 2.17. The van der Waals surface area contributed by atoms with Crippen LogP contribution in [0.2, 0.25) is 0 Å². The Balaban J connectivity index is 2.29. The molecule has 0 spiro atoms. The highest BCUT2D eigenvalue weighted by atomic mass is 16.3. The molecule has 1 rings (SSSR count). The van der Waals surface area contributed by atoms with Gasteiger partial charge in [0.05, 0.1) is 12.1 Å². The summed E-state index contributed by atoms with van der Waals surface area (Å²) in [5, 5.41) is 11.0. The van der Waals surface area contributed by atoms with Crippen LogP contribution >= 0.6 is 0 Å². The molecular formula is C5H8NO2. The van der Waals surface area contributed by atoms with Crippen molar-refractivity contribution in [2.45, 2.75) is 18.4 Å². The van der Waals surface area contributed by atoms with E-state index < -0.39 is 0 Å². The lowest BCUT2D eigenvalue weighted by molar-refractivity contribution is 0.244. The van der Waals surface area contributed by atoms with Crippen molar-refractivity contribution in [2.24, 2.45) is 0 Å². The second kappa shape index (κ2) is 1.74.